The van der Waals surface area contributed by atoms with Gasteiger partial charge in [-0.3, -0.25) is 0 Å². The van der Waals surface area contributed by atoms with Gasteiger partial charge in [0, 0.05) is 13.1 Å². The van der Waals surface area contributed by atoms with Crippen LogP contribution in [-0.4, -0.2) is 53.5 Å². The minimum Gasteiger partial charge on any atom is -0.444 e. The molecule has 1 heterocycles. The first kappa shape index (κ1) is 14.3. The van der Waals surface area contributed by atoms with Crippen molar-refractivity contribution in [1.82, 2.24) is 10.2 Å². The Balaban J connectivity index is 2.46. The smallest absolute Gasteiger partial charge is 0.408 e. The van der Waals surface area contributed by atoms with Crippen LogP contribution < -0.4 is 5.32 Å². The van der Waals surface area contributed by atoms with Crippen LogP contribution in [0.2, 0.25) is 0 Å². The van der Waals surface area contributed by atoms with Crippen LogP contribution in [0.5, 0.6) is 0 Å². The molecule has 1 saturated heterocycles. The number of alkyl carbamates (subject to hydrolysis) is 1. The monoisotopic (exact) mass is 244 g/mol. The summed E-state index contributed by atoms with van der Waals surface area (Å²) in [7, 11) is 0. The SMILES string of the molecule is CCN1CCC(O)C(NC(=O)OC(C)(C)C)C1. The number of aliphatic hydroxyl groups excluding tert-OH is 1. The number of nitrogens with zero attached hydrogens (tertiary/aromatic N) is 1. The van der Waals surface area contributed by atoms with Gasteiger partial charge in [0.2, 0.25) is 0 Å². The zero-order valence-corrected chi connectivity index (χ0v) is 11.2. The Hall–Kier alpha value is -0.810. The molecular formula is C12H24N2O3. The third-order valence-corrected chi connectivity index (χ3v) is 2.81. The van der Waals surface area contributed by atoms with E-state index in [4.69, 9.17) is 4.74 Å². The number of hydrogen-bond acceptors (Lipinski definition) is 4. The van der Waals surface area contributed by atoms with Gasteiger partial charge in [-0.1, -0.05) is 6.92 Å². The molecule has 0 aromatic carbocycles. The van der Waals surface area contributed by atoms with Gasteiger partial charge in [0.05, 0.1) is 12.1 Å². The lowest BCUT2D eigenvalue weighted by Crippen LogP contribution is -2.55. The fourth-order valence-corrected chi connectivity index (χ4v) is 1.90. The summed E-state index contributed by atoms with van der Waals surface area (Å²) in [6.45, 7) is 10.0. The molecule has 1 rings (SSSR count). The summed E-state index contributed by atoms with van der Waals surface area (Å²) < 4.78 is 5.18. The normalized spacial score (nSPS) is 26.6. The van der Waals surface area contributed by atoms with Crippen molar-refractivity contribution < 1.29 is 14.6 Å². The standard InChI is InChI=1S/C12H24N2O3/c1-5-14-7-6-10(15)9(8-14)13-11(16)17-12(2,3)4/h9-10,15H,5-8H2,1-4H3,(H,13,16). The average molecular weight is 244 g/mol. The molecule has 5 nitrogen and oxygen atoms in total. The number of carbonyl (C=O) groups excluding carboxylic acids is 1. The van der Waals surface area contributed by atoms with Crippen molar-refractivity contribution in [3.05, 3.63) is 0 Å². The number of likely N-dealkylation sites (N-methyl/N-ethyl adjacent to an activating group) is 1. The average Bonchev–Trinajstić information content (AvgIpc) is 2.18. The molecule has 2 atom stereocenters. The van der Waals surface area contributed by atoms with Crippen molar-refractivity contribution in [2.24, 2.45) is 0 Å². The molecule has 1 amide bonds. The second kappa shape index (κ2) is 5.69. The molecule has 0 aliphatic carbocycles. The number of hydrogen-bond donors (Lipinski definition) is 2. The van der Waals surface area contributed by atoms with Crippen molar-refractivity contribution in [2.45, 2.75) is 51.9 Å². The van der Waals surface area contributed by atoms with Crippen molar-refractivity contribution in [3.63, 3.8) is 0 Å². The summed E-state index contributed by atoms with van der Waals surface area (Å²) >= 11 is 0. The lowest BCUT2D eigenvalue weighted by molar-refractivity contribution is 0.0234. The summed E-state index contributed by atoms with van der Waals surface area (Å²) in [5, 5.41) is 12.6. The minimum atomic E-state index is -0.506. The quantitative estimate of drug-likeness (QED) is 0.759. The van der Waals surface area contributed by atoms with E-state index >= 15 is 0 Å². The van der Waals surface area contributed by atoms with Crippen LogP contribution in [0.1, 0.15) is 34.1 Å². The first-order chi connectivity index (χ1) is 7.81. The number of amides is 1. The Bertz CT molecular complexity index is 263. The number of rotatable bonds is 2. The molecule has 5 heteroatoms. The van der Waals surface area contributed by atoms with Crippen LogP contribution in [0.4, 0.5) is 4.79 Å². The lowest BCUT2D eigenvalue weighted by atomic mass is 10.0. The van der Waals surface area contributed by atoms with Crippen LogP contribution in [0.25, 0.3) is 0 Å². The Morgan fingerprint density at radius 2 is 2.18 bits per heavy atom. The molecule has 0 aromatic rings. The molecule has 1 aliphatic rings. The predicted molar refractivity (Wildman–Crippen MR) is 65.9 cm³/mol. The van der Waals surface area contributed by atoms with Gasteiger partial charge in [0.15, 0.2) is 0 Å². The number of nitrogens with one attached hydrogen (secondary N) is 1. The van der Waals surface area contributed by atoms with E-state index in [1.807, 2.05) is 20.8 Å². The number of carbonyl (C=O) groups is 1. The van der Waals surface area contributed by atoms with Crippen LogP contribution in [0.15, 0.2) is 0 Å². The maximum absolute atomic E-state index is 11.6. The van der Waals surface area contributed by atoms with Gasteiger partial charge in [-0.05, 0) is 33.7 Å². The molecular weight excluding hydrogens is 220 g/mol. The zero-order chi connectivity index (χ0) is 13.1. The topological polar surface area (TPSA) is 61.8 Å². The lowest BCUT2D eigenvalue weighted by Gasteiger charge is -2.36. The summed E-state index contributed by atoms with van der Waals surface area (Å²) in [4.78, 5) is 13.8. The fourth-order valence-electron chi connectivity index (χ4n) is 1.90. The highest BCUT2D eigenvalue weighted by molar-refractivity contribution is 5.68. The van der Waals surface area contributed by atoms with E-state index in [-0.39, 0.29) is 6.04 Å². The van der Waals surface area contributed by atoms with Gasteiger partial charge >= 0.3 is 6.09 Å². The van der Waals surface area contributed by atoms with Crippen molar-refractivity contribution >= 4 is 6.09 Å². The number of aliphatic hydroxyl groups is 1. The first-order valence-electron chi connectivity index (χ1n) is 6.21. The van der Waals surface area contributed by atoms with Crippen LogP contribution in [-0.2, 0) is 4.74 Å². The zero-order valence-electron chi connectivity index (χ0n) is 11.2. The highest BCUT2D eigenvalue weighted by Gasteiger charge is 2.29. The van der Waals surface area contributed by atoms with E-state index < -0.39 is 17.8 Å². The number of likely N-dealkylation sites (tertiary alicyclic amines) is 1. The Morgan fingerprint density at radius 1 is 1.53 bits per heavy atom. The van der Waals surface area contributed by atoms with E-state index in [0.717, 1.165) is 13.1 Å². The third kappa shape index (κ3) is 4.91. The van der Waals surface area contributed by atoms with Crippen molar-refractivity contribution in [1.29, 1.82) is 0 Å². The summed E-state index contributed by atoms with van der Waals surface area (Å²) in [5.74, 6) is 0. The fraction of sp³-hybridized carbons (Fsp3) is 0.917. The molecule has 17 heavy (non-hydrogen) atoms. The predicted octanol–water partition coefficient (Wildman–Crippen LogP) is 0.966. The molecule has 1 fully saturated rings. The summed E-state index contributed by atoms with van der Waals surface area (Å²) in [6.07, 6.45) is -0.251. The molecule has 2 N–H and O–H groups in total. The van der Waals surface area contributed by atoms with Crippen LogP contribution >= 0.6 is 0 Å². The molecule has 2 unspecified atom stereocenters. The van der Waals surface area contributed by atoms with Crippen molar-refractivity contribution in [3.8, 4) is 0 Å². The van der Waals surface area contributed by atoms with E-state index in [9.17, 15) is 9.90 Å². The summed E-state index contributed by atoms with van der Waals surface area (Å²) in [5.41, 5.74) is -0.506. The molecule has 0 spiro atoms. The maximum atomic E-state index is 11.6. The van der Waals surface area contributed by atoms with E-state index in [2.05, 4.69) is 17.1 Å². The number of ether oxygens (including phenoxy) is 1. The van der Waals surface area contributed by atoms with Gasteiger partial charge in [0.1, 0.15) is 5.60 Å². The van der Waals surface area contributed by atoms with Gasteiger partial charge in [-0.2, -0.15) is 0 Å². The molecule has 0 aromatic heterocycles. The molecule has 100 valence electrons. The van der Waals surface area contributed by atoms with Gasteiger partial charge in [-0.25, -0.2) is 4.79 Å². The largest absolute Gasteiger partial charge is 0.444 e. The molecule has 0 radical (unpaired) electrons. The van der Waals surface area contributed by atoms with E-state index in [0.29, 0.717) is 13.0 Å². The Kier molecular flexibility index (Phi) is 4.77. The Labute approximate surface area is 103 Å². The van der Waals surface area contributed by atoms with Gasteiger partial charge < -0.3 is 20.1 Å². The highest BCUT2D eigenvalue weighted by Crippen LogP contribution is 2.12. The molecule has 0 saturated carbocycles. The van der Waals surface area contributed by atoms with Gasteiger partial charge in [-0.15, -0.1) is 0 Å². The first-order valence-corrected chi connectivity index (χ1v) is 6.21. The van der Waals surface area contributed by atoms with Crippen LogP contribution in [0.3, 0.4) is 0 Å². The maximum Gasteiger partial charge on any atom is 0.408 e. The molecule has 0 bridgehead atoms. The van der Waals surface area contributed by atoms with Gasteiger partial charge in [0.25, 0.3) is 0 Å². The van der Waals surface area contributed by atoms with Crippen molar-refractivity contribution in [2.75, 3.05) is 19.6 Å². The highest BCUT2D eigenvalue weighted by atomic mass is 16.6. The minimum absolute atomic E-state index is 0.237. The van der Waals surface area contributed by atoms with Crippen LogP contribution in [0, 0.1) is 0 Å². The second-order valence-corrected chi connectivity index (χ2v) is 5.50. The van der Waals surface area contributed by atoms with E-state index in [1.54, 1.807) is 0 Å². The molecule has 1 aliphatic heterocycles. The number of piperidine rings is 1. The second-order valence-electron chi connectivity index (χ2n) is 5.50. The Morgan fingerprint density at radius 3 is 2.71 bits per heavy atom. The summed E-state index contributed by atoms with van der Waals surface area (Å²) in [6, 6.07) is -0.237. The van der Waals surface area contributed by atoms with E-state index in [1.165, 1.54) is 0 Å². The third-order valence-electron chi connectivity index (χ3n) is 2.81.